The van der Waals surface area contributed by atoms with Gasteiger partial charge in [0.25, 0.3) is 0 Å². The standard InChI is InChI=1S/C15H11FN2O2.C2H6/c1-10(19)18-14-8-15(11(9-17)7-13(14)16)20-12-5-3-2-4-6-12;1-2/h2-8H,1H3,(H,18,19);1-2H3. The van der Waals surface area contributed by atoms with E-state index in [1.807, 2.05) is 26.0 Å². The van der Waals surface area contributed by atoms with Gasteiger partial charge in [-0.2, -0.15) is 5.26 Å². The zero-order chi connectivity index (χ0) is 16.5. The summed E-state index contributed by atoms with van der Waals surface area (Å²) in [6.07, 6.45) is 0. The molecule has 0 aromatic heterocycles. The fourth-order valence-corrected chi connectivity index (χ4v) is 1.63. The van der Waals surface area contributed by atoms with Gasteiger partial charge in [-0.1, -0.05) is 32.0 Å². The number of ether oxygens (including phenoxy) is 1. The third-order valence-electron chi connectivity index (χ3n) is 2.47. The summed E-state index contributed by atoms with van der Waals surface area (Å²) in [7, 11) is 0. The quantitative estimate of drug-likeness (QED) is 0.909. The van der Waals surface area contributed by atoms with Crippen LogP contribution in [0.15, 0.2) is 42.5 Å². The van der Waals surface area contributed by atoms with Crippen LogP contribution in [-0.4, -0.2) is 5.91 Å². The van der Waals surface area contributed by atoms with Crippen LogP contribution in [0.2, 0.25) is 0 Å². The van der Waals surface area contributed by atoms with Crippen molar-refractivity contribution in [1.82, 2.24) is 0 Å². The normalized spacial score (nSPS) is 9.05. The molecule has 22 heavy (non-hydrogen) atoms. The van der Waals surface area contributed by atoms with Gasteiger partial charge in [0.15, 0.2) is 0 Å². The third kappa shape index (κ3) is 4.60. The molecule has 114 valence electrons. The maximum Gasteiger partial charge on any atom is 0.221 e. The smallest absolute Gasteiger partial charge is 0.221 e. The van der Waals surface area contributed by atoms with Gasteiger partial charge in [-0.15, -0.1) is 0 Å². The number of nitrogens with one attached hydrogen (secondary N) is 1. The molecule has 0 radical (unpaired) electrons. The molecule has 5 heteroatoms. The van der Waals surface area contributed by atoms with Crippen LogP contribution in [-0.2, 0) is 4.79 Å². The van der Waals surface area contributed by atoms with E-state index in [1.165, 1.54) is 13.0 Å². The second-order valence-electron chi connectivity index (χ2n) is 4.04. The molecule has 0 aliphatic heterocycles. The summed E-state index contributed by atoms with van der Waals surface area (Å²) in [6, 6.07) is 13.0. The van der Waals surface area contributed by atoms with Crippen molar-refractivity contribution in [1.29, 1.82) is 5.26 Å². The first-order valence-corrected chi connectivity index (χ1v) is 6.84. The molecular formula is C17H17FN2O2. The van der Waals surface area contributed by atoms with Gasteiger partial charge in [0.1, 0.15) is 23.4 Å². The highest BCUT2D eigenvalue weighted by molar-refractivity contribution is 5.89. The zero-order valence-electron chi connectivity index (χ0n) is 12.7. The van der Waals surface area contributed by atoms with Gasteiger partial charge < -0.3 is 10.1 Å². The largest absolute Gasteiger partial charge is 0.456 e. The number of amides is 1. The van der Waals surface area contributed by atoms with Crippen LogP contribution in [0.3, 0.4) is 0 Å². The van der Waals surface area contributed by atoms with Crippen LogP contribution in [0.4, 0.5) is 10.1 Å². The van der Waals surface area contributed by atoms with Crippen molar-refractivity contribution in [2.24, 2.45) is 0 Å². The van der Waals surface area contributed by atoms with Crippen molar-refractivity contribution >= 4 is 11.6 Å². The Morgan fingerprint density at radius 1 is 1.23 bits per heavy atom. The molecule has 0 atom stereocenters. The van der Waals surface area contributed by atoms with Gasteiger partial charge in [0.2, 0.25) is 5.91 Å². The second kappa shape index (κ2) is 8.42. The molecule has 2 rings (SSSR count). The van der Waals surface area contributed by atoms with Crippen molar-refractivity contribution in [2.45, 2.75) is 20.8 Å². The highest BCUT2D eigenvalue weighted by Crippen LogP contribution is 2.30. The van der Waals surface area contributed by atoms with Gasteiger partial charge in [-0.25, -0.2) is 4.39 Å². The first-order chi connectivity index (χ1) is 10.6. The van der Waals surface area contributed by atoms with Crippen LogP contribution >= 0.6 is 0 Å². The number of benzene rings is 2. The number of rotatable bonds is 3. The van der Waals surface area contributed by atoms with E-state index in [0.717, 1.165) is 6.07 Å². The fourth-order valence-electron chi connectivity index (χ4n) is 1.63. The first kappa shape index (κ1) is 17.2. The lowest BCUT2D eigenvalue weighted by molar-refractivity contribution is -0.114. The summed E-state index contributed by atoms with van der Waals surface area (Å²) in [6.45, 7) is 5.27. The molecule has 0 saturated carbocycles. The Bertz CT molecular complexity index is 679. The molecule has 0 aliphatic rings. The summed E-state index contributed by atoms with van der Waals surface area (Å²) in [4.78, 5) is 11.0. The molecule has 0 fully saturated rings. The lowest BCUT2D eigenvalue weighted by atomic mass is 10.2. The van der Waals surface area contributed by atoms with E-state index in [4.69, 9.17) is 10.00 Å². The van der Waals surface area contributed by atoms with Crippen LogP contribution < -0.4 is 10.1 Å². The van der Waals surface area contributed by atoms with Crippen molar-refractivity contribution in [2.75, 3.05) is 5.32 Å². The Kier molecular flexibility index (Phi) is 6.58. The number of hydrogen-bond acceptors (Lipinski definition) is 3. The molecule has 2 aromatic rings. The van der Waals surface area contributed by atoms with E-state index in [1.54, 1.807) is 24.3 Å². The van der Waals surface area contributed by atoms with Crippen molar-refractivity contribution in [3.8, 4) is 17.6 Å². The van der Waals surface area contributed by atoms with E-state index in [9.17, 15) is 9.18 Å². The van der Waals surface area contributed by atoms with Crippen molar-refractivity contribution < 1.29 is 13.9 Å². The van der Waals surface area contributed by atoms with Crippen LogP contribution in [0.5, 0.6) is 11.5 Å². The second-order valence-corrected chi connectivity index (χ2v) is 4.04. The minimum Gasteiger partial charge on any atom is -0.456 e. The highest BCUT2D eigenvalue weighted by atomic mass is 19.1. The Labute approximate surface area is 129 Å². The summed E-state index contributed by atoms with van der Waals surface area (Å²) in [5.41, 5.74) is 0.0305. The molecule has 1 N–H and O–H groups in total. The minimum absolute atomic E-state index is 0.0255. The molecule has 2 aromatic carbocycles. The number of nitriles is 1. The summed E-state index contributed by atoms with van der Waals surface area (Å²) in [5, 5.41) is 11.4. The summed E-state index contributed by atoms with van der Waals surface area (Å²) in [5.74, 6) is -0.385. The van der Waals surface area contributed by atoms with Gasteiger partial charge in [0, 0.05) is 13.0 Å². The maximum absolute atomic E-state index is 13.7. The van der Waals surface area contributed by atoms with E-state index in [2.05, 4.69) is 5.32 Å². The van der Waals surface area contributed by atoms with Crippen molar-refractivity contribution in [3.63, 3.8) is 0 Å². The Hall–Kier alpha value is -2.87. The number of hydrogen-bond donors (Lipinski definition) is 1. The fraction of sp³-hybridized carbons (Fsp3) is 0.176. The van der Waals surface area contributed by atoms with Gasteiger partial charge >= 0.3 is 0 Å². The monoisotopic (exact) mass is 300 g/mol. The number of anilines is 1. The number of nitrogens with zero attached hydrogens (tertiary/aromatic N) is 1. The average molecular weight is 300 g/mol. The lowest BCUT2D eigenvalue weighted by Gasteiger charge is -2.10. The topological polar surface area (TPSA) is 62.1 Å². The number of halogens is 1. The van der Waals surface area contributed by atoms with E-state index < -0.39 is 11.7 Å². The Morgan fingerprint density at radius 2 is 1.86 bits per heavy atom. The number of carbonyl (C=O) groups excluding carboxylic acids is 1. The van der Waals surface area contributed by atoms with E-state index in [-0.39, 0.29) is 17.0 Å². The van der Waals surface area contributed by atoms with E-state index in [0.29, 0.717) is 5.75 Å². The van der Waals surface area contributed by atoms with Gasteiger partial charge in [-0.05, 0) is 18.2 Å². The van der Waals surface area contributed by atoms with E-state index >= 15 is 0 Å². The Balaban J connectivity index is 0.00000116. The first-order valence-electron chi connectivity index (χ1n) is 6.84. The van der Waals surface area contributed by atoms with Gasteiger partial charge in [-0.3, -0.25) is 4.79 Å². The highest BCUT2D eigenvalue weighted by Gasteiger charge is 2.12. The van der Waals surface area contributed by atoms with Gasteiger partial charge in [0.05, 0.1) is 11.3 Å². The molecular weight excluding hydrogens is 283 g/mol. The van der Waals surface area contributed by atoms with Crippen LogP contribution in [0, 0.1) is 17.1 Å². The molecule has 4 nitrogen and oxygen atoms in total. The predicted molar refractivity (Wildman–Crippen MR) is 83.3 cm³/mol. The molecule has 0 saturated heterocycles. The SMILES string of the molecule is CC.CC(=O)Nc1cc(Oc2ccccc2)c(C#N)cc1F. The lowest BCUT2D eigenvalue weighted by Crippen LogP contribution is -2.08. The molecule has 0 unspecified atom stereocenters. The van der Waals surface area contributed by atoms with Crippen LogP contribution in [0.1, 0.15) is 26.3 Å². The van der Waals surface area contributed by atoms with Crippen LogP contribution in [0.25, 0.3) is 0 Å². The number of para-hydroxylation sites is 1. The average Bonchev–Trinajstić information content (AvgIpc) is 2.53. The maximum atomic E-state index is 13.7. The minimum atomic E-state index is -0.683. The third-order valence-corrected chi connectivity index (χ3v) is 2.47. The Morgan fingerprint density at radius 3 is 2.41 bits per heavy atom. The molecule has 0 spiro atoms. The zero-order valence-corrected chi connectivity index (χ0v) is 12.7. The number of carbonyl (C=O) groups is 1. The summed E-state index contributed by atoms with van der Waals surface area (Å²) >= 11 is 0. The molecule has 0 bridgehead atoms. The summed E-state index contributed by atoms with van der Waals surface area (Å²) < 4.78 is 19.2. The van der Waals surface area contributed by atoms with Crippen molar-refractivity contribution in [3.05, 3.63) is 53.8 Å². The molecule has 1 amide bonds. The predicted octanol–water partition coefficient (Wildman–Crippen LogP) is 4.47. The molecule has 0 aliphatic carbocycles. The molecule has 0 heterocycles.